The molecule has 10 heteroatoms. The molecular formula is C27H29ClF2N4O3. The third-order valence-electron chi connectivity index (χ3n) is 6.12. The first kappa shape index (κ1) is 26.6. The summed E-state index contributed by atoms with van der Waals surface area (Å²) in [6.07, 6.45) is 2.01. The zero-order chi connectivity index (χ0) is 26.7. The van der Waals surface area contributed by atoms with Crippen LogP contribution in [0, 0.1) is 11.6 Å². The number of ether oxygens (including phenoxy) is 1. The molecule has 0 bridgehead atoms. The minimum absolute atomic E-state index is 0.0381. The zero-order valence-electron chi connectivity index (χ0n) is 20.9. The highest BCUT2D eigenvalue weighted by atomic mass is 35.5. The Hall–Kier alpha value is -3.46. The van der Waals surface area contributed by atoms with Crippen molar-refractivity contribution in [2.75, 3.05) is 13.1 Å². The number of hydrogen-bond acceptors (Lipinski definition) is 4. The number of nitrogens with zero attached hydrogens (tertiary/aromatic N) is 3. The van der Waals surface area contributed by atoms with Crippen molar-refractivity contribution in [1.82, 2.24) is 20.0 Å². The molecule has 2 amide bonds. The van der Waals surface area contributed by atoms with Crippen LogP contribution in [0.5, 0.6) is 0 Å². The number of rotatable bonds is 5. The molecule has 1 aliphatic heterocycles. The van der Waals surface area contributed by atoms with Crippen LogP contribution in [0.25, 0.3) is 5.69 Å². The standard InChI is InChI=1S/C27H29ClF2N4O3/c1-27(2,3)37-26(36)33-12-10-17(11-13-33)24-20(25(35)31-15-18-6-4-5-7-21(18)28)16-32-34(24)23-9-8-19(29)14-22(23)30/h4-9,14,16-17H,10-13,15H2,1-3H3,(H,31,35). The third kappa shape index (κ3) is 6.28. The van der Waals surface area contributed by atoms with Crippen LogP contribution < -0.4 is 5.32 Å². The molecule has 196 valence electrons. The Morgan fingerprint density at radius 3 is 2.49 bits per heavy atom. The predicted molar refractivity (Wildman–Crippen MR) is 136 cm³/mol. The maximum Gasteiger partial charge on any atom is 0.410 e. The van der Waals surface area contributed by atoms with E-state index in [-0.39, 0.29) is 23.7 Å². The van der Waals surface area contributed by atoms with Gasteiger partial charge in [0.2, 0.25) is 0 Å². The molecule has 0 aliphatic carbocycles. The number of aromatic nitrogens is 2. The van der Waals surface area contributed by atoms with E-state index in [4.69, 9.17) is 16.3 Å². The van der Waals surface area contributed by atoms with E-state index >= 15 is 0 Å². The Labute approximate surface area is 219 Å². The van der Waals surface area contributed by atoms with Crippen LogP contribution in [-0.4, -0.2) is 45.4 Å². The van der Waals surface area contributed by atoms with E-state index in [2.05, 4.69) is 10.4 Å². The van der Waals surface area contributed by atoms with Gasteiger partial charge in [0.05, 0.1) is 17.5 Å². The maximum atomic E-state index is 14.7. The van der Waals surface area contributed by atoms with Gasteiger partial charge in [-0.1, -0.05) is 29.8 Å². The monoisotopic (exact) mass is 530 g/mol. The molecule has 37 heavy (non-hydrogen) atoms. The summed E-state index contributed by atoms with van der Waals surface area (Å²) in [6.45, 7) is 6.42. The quantitative estimate of drug-likeness (QED) is 0.449. The van der Waals surface area contributed by atoms with Crippen molar-refractivity contribution in [1.29, 1.82) is 0 Å². The molecule has 0 atom stereocenters. The molecule has 1 saturated heterocycles. The number of carbonyl (C=O) groups excluding carboxylic acids is 2. The van der Waals surface area contributed by atoms with Gasteiger partial charge >= 0.3 is 6.09 Å². The van der Waals surface area contributed by atoms with E-state index in [0.29, 0.717) is 36.6 Å². The summed E-state index contributed by atoms with van der Waals surface area (Å²) in [6, 6.07) is 10.4. The van der Waals surface area contributed by atoms with Gasteiger partial charge in [-0.3, -0.25) is 4.79 Å². The highest BCUT2D eigenvalue weighted by molar-refractivity contribution is 6.31. The SMILES string of the molecule is CC(C)(C)OC(=O)N1CCC(c2c(C(=O)NCc3ccccc3Cl)cnn2-c2ccc(F)cc2F)CC1. The number of nitrogens with one attached hydrogen (secondary N) is 1. The molecule has 1 fully saturated rings. The molecule has 0 radical (unpaired) electrons. The Kier molecular flexibility index (Phi) is 7.82. The summed E-state index contributed by atoms with van der Waals surface area (Å²) in [5, 5.41) is 7.70. The van der Waals surface area contributed by atoms with Crippen molar-refractivity contribution in [2.24, 2.45) is 0 Å². The van der Waals surface area contributed by atoms with Crippen LogP contribution in [0.2, 0.25) is 5.02 Å². The minimum atomic E-state index is -0.793. The van der Waals surface area contributed by atoms with Gasteiger partial charge in [-0.15, -0.1) is 0 Å². The Bertz CT molecular complexity index is 1300. The second-order valence-electron chi connectivity index (χ2n) is 9.97. The van der Waals surface area contributed by atoms with Crippen molar-refractivity contribution in [3.8, 4) is 5.69 Å². The van der Waals surface area contributed by atoms with E-state index in [9.17, 15) is 18.4 Å². The molecule has 4 rings (SSSR count). The fraction of sp³-hybridized carbons (Fsp3) is 0.370. The largest absolute Gasteiger partial charge is 0.444 e. The van der Waals surface area contributed by atoms with E-state index in [1.807, 2.05) is 12.1 Å². The summed E-state index contributed by atoms with van der Waals surface area (Å²) in [4.78, 5) is 27.4. The lowest BCUT2D eigenvalue weighted by molar-refractivity contribution is 0.0203. The molecule has 2 heterocycles. The van der Waals surface area contributed by atoms with Crippen molar-refractivity contribution in [2.45, 2.75) is 51.7 Å². The normalized spacial score (nSPS) is 14.5. The van der Waals surface area contributed by atoms with E-state index in [0.717, 1.165) is 17.7 Å². The smallest absolute Gasteiger partial charge is 0.410 e. The van der Waals surface area contributed by atoms with Crippen molar-refractivity contribution < 1.29 is 23.1 Å². The van der Waals surface area contributed by atoms with Gasteiger partial charge in [0.15, 0.2) is 5.82 Å². The molecule has 1 aliphatic rings. The first-order chi connectivity index (χ1) is 17.5. The third-order valence-corrected chi connectivity index (χ3v) is 6.49. The number of halogens is 3. The predicted octanol–water partition coefficient (Wildman–Crippen LogP) is 5.85. The molecular weight excluding hydrogens is 502 g/mol. The lowest BCUT2D eigenvalue weighted by Gasteiger charge is -2.34. The van der Waals surface area contributed by atoms with Gasteiger partial charge in [-0.05, 0) is 57.4 Å². The molecule has 0 saturated carbocycles. The lowest BCUT2D eigenvalue weighted by Crippen LogP contribution is -2.41. The average molecular weight is 531 g/mol. The van der Waals surface area contributed by atoms with Crippen LogP contribution in [0.3, 0.4) is 0 Å². The van der Waals surface area contributed by atoms with Crippen LogP contribution in [0.1, 0.15) is 61.1 Å². The van der Waals surface area contributed by atoms with Gasteiger partial charge in [0, 0.05) is 36.6 Å². The summed E-state index contributed by atoms with van der Waals surface area (Å²) >= 11 is 6.22. The topological polar surface area (TPSA) is 76.5 Å². The van der Waals surface area contributed by atoms with Crippen LogP contribution in [0.15, 0.2) is 48.7 Å². The molecule has 7 nitrogen and oxygen atoms in total. The van der Waals surface area contributed by atoms with Gasteiger partial charge < -0.3 is 15.0 Å². The summed E-state index contributed by atoms with van der Waals surface area (Å²) < 4.78 is 35.2. The number of hydrogen-bond donors (Lipinski definition) is 1. The lowest BCUT2D eigenvalue weighted by atomic mass is 9.90. The summed E-state index contributed by atoms with van der Waals surface area (Å²) in [5.41, 5.74) is 0.967. The summed E-state index contributed by atoms with van der Waals surface area (Å²) in [7, 11) is 0. The van der Waals surface area contributed by atoms with Crippen LogP contribution >= 0.6 is 11.6 Å². The van der Waals surface area contributed by atoms with Gasteiger partial charge in [0.1, 0.15) is 17.1 Å². The molecule has 2 aromatic carbocycles. The fourth-order valence-corrected chi connectivity index (χ4v) is 4.55. The van der Waals surface area contributed by atoms with E-state index in [1.54, 1.807) is 37.8 Å². The molecule has 3 aromatic rings. The van der Waals surface area contributed by atoms with Gasteiger partial charge in [-0.25, -0.2) is 18.3 Å². The molecule has 1 N–H and O–H groups in total. The Balaban J connectivity index is 1.61. The van der Waals surface area contributed by atoms with Crippen LogP contribution in [-0.2, 0) is 11.3 Å². The molecule has 1 aromatic heterocycles. The maximum absolute atomic E-state index is 14.7. The average Bonchev–Trinajstić information content (AvgIpc) is 3.27. The number of benzene rings is 2. The number of likely N-dealkylation sites (tertiary alicyclic amines) is 1. The zero-order valence-corrected chi connectivity index (χ0v) is 21.7. The molecule has 0 unspecified atom stereocenters. The highest BCUT2D eigenvalue weighted by Crippen LogP contribution is 2.33. The number of piperidine rings is 1. The number of carbonyl (C=O) groups is 2. The van der Waals surface area contributed by atoms with Crippen LogP contribution in [0.4, 0.5) is 13.6 Å². The van der Waals surface area contributed by atoms with E-state index < -0.39 is 29.2 Å². The van der Waals surface area contributed by atoms with E-state index in [1.165, 1.54) is 16.9 Å². The first-order valence-corrected chi connectivity index (χ1v) is 12.4. The Morgan fingerprint density at radius 2 is 1.84 bits per heavy atom. The number of amides is 2. The fourth-order valence-electron chi connectivity index (χ4n) is 4.35. The highest BCUT2D eigenvalue weighted by Gasteiger charge is 2.32. The second kappa shape index (κ2) is 10.9. The van der Waals surface area contributed by atoms with Crippen molar-refractivity contribution in [3.63, 3.8) is 0 Å². The minimum Gasteiger partial charge on any atom is -0.444 e. The van der Waals surface area contributed by atoms with Gasteiger partial charge in [0.25, 0.3) is 5.91 Å². The van der Waals surface area contributed by atoms with Crippen molar-refractivity contribution in [3.05, 3.63) is 82.1 Å². The summed E-state index contributed by atoms with van der Waals surface area (Å²) in [5.74, 6) is -2.10. The first-order valence-electron chi connectivity index (χ1n) is 12.1. The Morgan fingerprint density at radius 1 is 1.14 bits per heavy atom. The second-order valence-corrected chi connectivity index (χ2v) is 10.4. The van der Waals surface area contributed by atoms with Crippen molar-refractivity contribution >= 4 is 23.6 Å². The molecule has 0 spiro atoms. The van der Waals surface area contributed by atoms with Gasteiger partial charge in [-0.2, -0.15) is 5.10 Å².